The maximum absolute atomic E-state index is 14.9. The number of hydrogen-bond donors (Lipinski definition) is 0. The molecule has 0 aliphatic carbocycles. The standard InChI is InChI=1S/C23H27FN4O6/c1-22(2,3)34-21(30)28(19-6-7-32-25-19)10-16-9-27(20(29)33-16)15-4-5-18(17(24)8-15)26-11-23(12-26)13-31-14-23/h4-8,16H,9-14H2,1-3H3/t16-/m1/s1. The number of rotatable bonds is 5. The molecule has 34 heavy (non-hydrogen) atoms. The average molecular weight is 474 g/mol. The topological polar surface area (TPSA) is 97.6 Å². The van der Waals surface area contributed by atoms with Gasteiger partial charge in [0.25, 0.3) is 0 Å². The summed E-state index contributed by atoms with van der Waals surface area (Å²) < 4.78 is 36.0. The van der Waals surface area contributed by atoms with Crippen molar-refractivity contribution in [1.29, 1.82) is 0 Å². The Morgan fingerprint density at radius 3 is 2.65 bits per heavy atom. The van der Waals surface area contributed by atoms with Crippen molar-refractivity contribution in [2.75, 3.05) is 54.1 Å². The molecular formula is C23H27FN4O6. The molecule has 11 heteroatoms. The molecule has 3 aliphatic heterocycles. The van der Waals surface area contributed by atoms with Crippen LogP contribution in [-0.4, -0.2) is 68.4 Å². The van der Waals surface area contributed by atoms with E-state index in [9.17, 15) is 14.0 Å². The van der Waals surface area contributed by atoms with E-state index in [4.69, 9.17) is 18.7 Å². The minimum absolute atomic E-state index is 0.00217. The average Bonchev–Trinajstić information content (AvgIpc) is 3.33. The molecule has 3 fully saturated rings. The van der Waals surface area contributed by atoms with E-state index in [1.54, 1.807) is 32.9 Å². The zero-order chi connectivity index (χ0) is 24.1. The number of nitrogens with zero attached hydrogens (tertiary/aromatic N) is 4. The first kappa shape index (κ1) is 22.5. The van der Waals surface area contributed by atoms with Gasteiger partial charge in [-0.1, -0.05) is 5.16 Å². The molecule has 0 N–H and O–H groups in total. The SMILES string of the molecule is CC(C)(C)OC(=O)N(C[C@H]1CN(c2ccc(N3CC4(COC4)C3)c(F)c2)C(=O)O1)c1ccon1. The second-order valence-corrected chi connectivity index (χ2v) is 10.0. The number of aromatic nitrogens is 1. The quantitative estimate of drug-likeness (QED) is 0.650. The molecule has 1 spiro atoms. The first-order valence-corrected chi connectivity index (χ1v) is 11.1. The van der Waals surface area contributed by atoms with E-state index in [-0.39, 0.29) is 24.3 Å². The summed E-state index contributed by atoms with van der Waals surface area (Å²) in [5.41, 5.74) is 0.341. The predicted octanol–water partition coefficient (Wildman–Crippen LogP) is 3.42. The van der Waals surface area contributed by atoms with Crippen LogP contribution in [-0.2, 0) is 14.2 Å². The van der Waals surface area contributed by atoms with Crippen molar-refractivity contribution in [2.24, 2.45) is 5.41 Å². The lowest BCUT2D eigenvalue weighted by Crippen LogP contribution is -2.66. The molecule has 3 aliphatic rings. The van der Waals surface area contributed by atoms with E-state index in [1.807, 2.05) is 4.90 Å². The normalized spacial score (nSPS) is 21.2. The van der Waals surface area contributed by atoms with Crippen molar-refractivity contribution in [1.82, 2.24) is 5.16 Å². The van der Waals surface area contributed by atoms with E-state index in [0.29, 0.717) is 11.4 Å². The third-order valence-electron chi connectivity index (χ3n) is 6.03. The highest BCUT2D eigenvalue weighted by Crippen LogP contribution is 2.41. The van der Waals surface area contributed by atoms with Gasteiger partial charge in [0.15, 0.2) is 5.82 Å². The number of carbonyl (C=O) groups is 2. The van der Waals surface area contributed by atoms with Gasteiger partial charge in [-0.15, -0.1) is 0 Å². The number of anilines is 3. The zero-order valence-corrected chi connectivity index (χ0v) is 19.3. The number of hydrogen-bond acceptors (Lipinski definition) is 8. The second-order valence-electron chi connectivity index (χ2n) is 10.0. The molecule has 2 aromatic rings. The Hall–Kier alpha value is -3.34. The van der Waals surface area contributed by atoms with Gasteiger partial charge in [0.2, 0.25) is 0 Å². The van der Waals surface area contributed by atoms with E-state index in [2.05, 4.69) is 5.16 Å². The number of amides is 2. The molecule has 1 aromatic heterocycles. The monoisotopic (exact) mass is 474 g/mol. The fourth-order valence-electron chi connectivity index (χ4n) is 4.38. The molecule has 5 rings (SSSR count). The number of halogens is 1. The molecule has 182 valence electrons. The Kier molecular flexibility index (Phi) is 5.38. The number of ether oxygens (including phenoxy) is 3. The predicted molar refractivity (Wildman–Crippen MR) is 120 cm³/mol. The Morgan fingerprint density at radius 2 is 2.06 bits per heavy atom. The lowest BCUT2D eigenvalue weighted by atomic mass is 9.78. The lowest BCUT2D eigenvalue weighted by Gasteiger charge is -2.56. The summed E-state index contributed by atoms with van der Waals surface area (Å²) in [7, 11) is 0. The molecule has 4 heterocycles. The van der Waals surface area contributed by atoms with Crippen LogP contribution in [0.5, 0.6) is 0 Å². The molecule has 0 radical (unpaired) electrons. The van der Waals surface area contributed by atoms with Gasteiger partial charge in [-0.05, 0) is 39.0 Å². The summed E-state index contributed by atoms with van der Waals surface area (Å²) in [6.07, 6.45) is -0.596. The van der Waals surface area contributed by atoms with Gasteiger partial charge in [-0.3, -0.25) is 9.80 Å². The van der Waals surface area contributed by atoms with Crippen LogP contribution in [0, 0.1) is 11.2 Å². The fraction of sp³-hybridized carbons (Fsp3) is 0.522. The van der Waals surface area contributed by atoms with Crippen LogP contribution in [0.15, 0.2) is 35.1 Å². The number of benzene rings is 1. The third-order valence-corrected chi connectivity index (χ3v) is 6.03. The summed E-state index contributed by atoms with van der Waals surface area (Å²) in [4.78, 5) is 29.9. The van der Waals surface area contributed by atoms with Gasteiger partial charge in [0, 0.05) is 19.2 Å². The molecule has 1 atom stereocenters. The highest BCUT2D eigenvalue weighted by atomic mass is 19.1. The van der Waals surface area contributed by atoms with Crippen molar-refractivity contribution in [3.05, 3.63) is 36.3 Å². The maximum Gasteiger partial charge on any atom is 0.416 e. The molecule has 3 saturated heterocycles. The first-order valence-electron chi connectivity index (χ1n) is 11.1. The van der Waals surface area contributed by atoms with E-state index < -0.39 is 29.7 Å². The minimum atomic E-state index is -0.724. The third kappa shape index (κ3) is 4.27. The van der Waals surface area contributed by atoms with Gasteiger partial charge in [-0.2, -0.15) is 0 Å². The summed E-state index contributed by atoms with van der Waals surface area (Å²) >= 11 is 0. The van der Waals surface area contributed by atoms with Crippen LogP contribution in [0.25, 0.3) is 0 Å². The lowest BCUT2D eigenvalue weighted by molar-refractivity contribution is -0.127. The highest BCUT2D eigenvalue weighted by molar-refractivity contribution is 5.91. The minimum Gasteiger partial charge on any atom is -0.443 e. The van der Waals surface area contributed by atoms with Crippen LogP contribution in [0.2, 0.25) is 0 Å². The van der Waals surface area contributed by atoms with Crippen molar-refractivity contribution in [2.45, 2.75) is 32.5 Å². The highest BCUT2D eigenvalue weighted by Gasteiger charge is 2.49. The van der Waals surface area contributed by atoms with Crippen molar-refractivity contribution < 1.29 is 32.7 Å². The number of cyclic esters (lactones) is 1. The van der Waals surface area contributed by atoms with Crippen LogP contribution in [0.3, 0.4) is 0 Å². The van der Waals surface area contributed by atoms with Crippen molar-refractivity contribution in [3.63, 3.8) is 0 Å². The molecule has 1 aromatic carbocycles. The summed E-state index contributed by atoms with van der Waals surface area (Å²) in [5.74, 6) is -0.162. The summed E-state index contributed by atoms with van der Waals surface area (Å²) in [6.45, 7) is 8.36. The largest absolute Gasteiger partial charge is 0.443 e. The summed E-state index contributed by atoms with van der Waals surface area (Å²) in [6, 6.07) is 6.24. The van der Waals surface area contributed by atoms with Gasteiger partial charge in [0.05, 0.1) is 43.1 Å². The van der Waals surface area contributed by atoms with Gasteiger partial charge in [0.1, 0.15) is 23.8 Å². The van der Waals surface area contributed by atoms with Crippen LogP contribution >= 0.6 is 0 Å². The summed E-state index contributed by atoms with van der Waals surface area (Å²) in [5, 5.41) is 3.81. The molecule has 0 unspecified atom stereocenters. The molecular weight excluding hydrogens is 447 g/mol. The van der Waals surface area contributed by atoms with Gasteiger partial charge < -0.3 is 23.6 Å². The zero-order valence-electron chi connectivity index (χ0n) is 19.3. The van der Waals surface area contributed by atoms with Crippen LogP contribution in [0.1, 0.15) is 20.8 Å². The van der Waals surface area contributed by atoms with E-state index >= 15 is 0 Å². The smallest absolute Gasteiger partial charge is 0.416 e. The Balaban J connectivity index is 1.26. The second kappa shape index (κ2) is 8.15. The van der Waals surface area contributed by atoms with Crippen LogP contribution < -0.4 is 14.7 Å². The maximum atomic E-state index is 14.9. The van der Waals surface area contributed by atoms with Crippen molar-refractivity contribution in [3.8, 4) is 0 Å². The Bertz CT molecular complexity index is 1070. The van der Waals surface area contributed by atoms with Crippen molar-refractivity contribution >= 4 is 29.4 Å². The number of carbonyl (C=O) groups excluding carboxylic acids is 2. The van der Waals surface area contributed by atoms with E-state index in [1.165, 1.54) is 28.2 Å². The molecule has 10 nitrogen and oxygen atoms in total. The molecule has 2 amide bonds. The molecule has 0 bridgehead atoms. The van der Waals surface area contributed by atoms with Gasteiger partial charge in [-0.25, -0.2) is 14.0 Å². The Morgan fingerprint density at radius 1 is 1.29 bits per heavy atom. The van der Waals surface area contributed by atoms with Gasteiger partial charge >= 0.3 is 12.2 Å². The Labute approximate surface area is 196 Å². The first-order chi connectivity index (χ1) is 16.1. The van der Waals surface area contributed by atoms with E-state index in [0.717, 1.165) is 26.3 Å². The molecule has 0 saturated carbocycles. The fourth-order valence-corrected chi connectivity index (χ4v) is 4.38. The van der Waals surface area contributed by atoms with Crippen LogP contribution in [0.4, 0.5) is 31.2 Å².